The topological polar surface area (TPSA) is 82.0 Å². The van der Waals surface area contributed by atoms with E-state index in [0.717, 1.165) is 12.0 Å². The van der Waals surface area contributed by atoms with Gasteiger partial charge in [0.25, 0.3) is 10.9 Å². The largest absolute Gasteiger partial charge is 0.376 e. The van der Waals surface area contributed by atoms with Crippen molar-refractivity contribution in [3.05, 3.63) is 55.8 Å². The highest BCUT2D eigenvalue weighted by molar-refractivity contribution is 5.74. The highest BCUT2D eigenvalue weighted by atomic mass is 16.2. The summed E-state index contributed by atoms with van der Waals surface area (Å²) in [5, 5.41) is 14.9. The van der Waals surface area contributed by atoms with Crippen molar-refractivity contribution < 1.29 is 0 Å². The van der Waals surface area contributed by atoms with E-state index in [1.807, 2.05) is 32.9 Å². The van der Waals surface area contributed by atoms with Crippen molar-refractivity contribution in [1.29, 1.82) is 5.26 Å². The van der Waals surface area contributed by atoms with Crippen LogP contribution in [0.1, 0.15) is 38.3 Å². The molecule has 0 aliphatic carbocycles. The van der Waals surface area contributed by atoms with Crippen molar-refractivity contribution in [1.82, 2.24) is 0 Å². The molecule has 0 fully saturated rings. The minimum atomic E-state index is -0.483. The second-order valence-electron chi connectivity index (χ2n) is 5.93. The molecule has 0 aliphatic heterocycles. The van der Waals surface area contributed by atoms with Gasteiger partial charge in [0.05, 0.1) is 11.6 Å². The van der Waals surface area contributed by atoms with Crippen molar-refractivity contribution in [3.8, 4) is 6.07 Å². The summed E-state index contributed by atoms with van der Waals surface area (Å²) in [6, 6.07) is 9.14. The Kier molecular flexibility index (Phi) is 4.32. The third-order valence-corrected chi connectivity index (χ3v) is 3.81. The SMILES string of the molecule is CCC(C)(C)Nc1c(NCc2ccc(C#N)cc2)c(=O)c1=O. The summed E-state index contributed by atoms with van der Waals surface area (Å²) in [4.78, 5) is 23.4. The van der Waals surface area contributed by atoms with Gasteiger partial charge in [-0.2, -0.15) is 5.26 Å². The van der Waals surface area contributed by atoms with Crippen LogP contribution in [-0.4, -0.2) is 5.54 Å². The van der Waals surface area contributed by atoms with Gasteiger partial charge in [-0.25, -0.2) is 0 Å². The predicted molar refractivity (Wildman–Crippen MR) is 87.8 cm³/mol. The zero-order valence-corrected chi connectivity index (χ0v) is 13.0. The normalized spacial score (nSPS) is 11.2. The van der Waals surface area contributed by atoms with Gasteiger partial charge in [-0.15, -0.1) is 0 Å². The fourth-order valence-corrected chi connectivity index (χ4v) is 1.99. The summed E-state index contributed by atoms with van der Waals surface area (Å²) in [6.45, 7) is 6.41. The lowest BCUT2D eigenvalue weighted by Crippen LogP contribution is -2.42. The van der Waals surface area contributed by atoms with Gasteiger partial charge in [0, 0.05) is 12.1 Å². The van der Waals surface area contributed by atoms with E-state index in [9.17, 15) is 9.59 Å². The maximum atomic E-state index is 11.7. The monoisotopic (exact) mass is 297 g/mol. The van der Waals surface area contributed by atoms with E-state index >= 15 is 0 Å². The van der Waals surface area contributed by atoms with Crippen LogP contribution in [0.4, 0.5) is 11.4 Å². The Hall–Kier alpha value is -2.61. The van der Waals surface area contributed by atoms with E-state index in [4.69, 9.17) is 5.26 Å². The second-order valence-corrected chi connectivity index (χ2v) is 5.93. The summed E-state index contributed by atoms with van der Waals surface area (Å²) in [6.07, 6.45) is 0.834. The summed E-state index contributed by atoms with van der Waals surface area (Å²) in [7, 11) is 0. The predicted octanol–water partition coefficient (Wildman–Crippen LogP) is 2.37. The number of benzene rings is 1. The molecule has 2 N–H and O–H groups in total. The number of nitriles is 1. The molecule has 0 unspecified atom stereocenters. The Morgan fingerprint density at radius 2 is 1.68 bits per heavy atom. The quantitative estimate of drug-likeness (QED) is 0.800. The zero-order valence-electron chi connectivity index (χ0n) is 13.0. The Bertz CT molecular complexity index is 776. The summed E-state index contributed by atoms with van der Waals surface area (Å²) in [5.74, 6) is 0. The number of rotatable bonds is 6. The molecule has 2 rings (SSSR count). The minimum absolute atomic E-state index is 0.243. The lowest BCUT2D eigenvalue weighted by atomic mass is 10.00. The average Bonchev–Trinajstić information content (AvgIpc) is 2.54. The lowest BCUT2D eigenvalue weighted by Gasteiger charge is -2.27. The molecule has 0 saturated carbocycles. The standard InChI is InChI=1S/C17H19N3O2/c1-4-17(2,3)20-14-13(15(21)16(14)22)19-10-12-7-5-11(9-18)6-8-12/h5-8,19-20H,4,10H2,1-3H3. The third kappa shape index (κ3) is 3.17. The average molecular weight is 297 g/mol. The highest BCUT2D eigenvalue weighted by Crippen LogP contribution is 2.22. The number of anilines is 2. The van der Waals surface area contributed by atoms with Crippen LogP contribution in [0.2, 0.25) is 0 Å². The fraction of sp³-hybridized carbons (Fsp3) is 0.353. The van der Waals surface area contributed by atoms with Gasteiger partial charge in [0.1, 0.15) is 11.4 Å². The molecule has 5 nitrogen and oxygen atoms in total. The van der Waals surface area contributed by atoms with Crippen molar-refractivity contribution in [3.63, 3.8) is 0 Å². The van der Waals surface area contributed by atoms with E-state index in [0.29, 0.717) is 23.5 Å². The van der Waals surface area contributed by atoms with Crippen molar-refractivity contribution in [2.75, 3.05) is 10.6 Å². The smallest absolute Gasteiger partial charge is 0.253 e. The molecule has 2 aromatic carbocycles. The molecular formula is C17H19N3O2. The van der Waals surface area contributed by atoms with E-state index < -0.39 is 10.9 Å². The Labute approximate surface area is 129 Å². The van der Waals surface area contributed by atoms with Gasteiger partial charge in [0.15, 0.2) is 0 Å². The molecule has 0 amide bonds. The molecule has 0 bridgehead atoms. The van der Waals surface area contributed by atoms with E-state index in [1.54, 1.807) is 12.1 Å². The van der Waals surface area contributed by atoms with Crippen molar-refractivity contribution >= 4 is 11.4 Å². The summed E-state index contributed by atoms with van der Waals surface area (Å²) < 4.78 is 0. The number of nitrogens with one attached hydrogen (secondary N) is 2. The van der Waals surface area contributed by atoms with Crippen LogP contribution in [0.5, 0.6) is 0 Å². The molecule has 114 valence electrons. The molecule has 0 aromatic heterocycles. The maximum absolute atomic E-state index is 11.7. The van der Waals surface area contributed by atoms with Crippen LogP contribution in [0, 0.1) is 11.3 Å². The lowest BCUT2D eigenvalue weighted by molar-refractivity contribution is 0.546. The van der Waals surface area contributed by atoms with Crippen LogP contribution in [0.3, 0.4) is 0 Å². The molecule has 2 aromatic rings. The molecule has 0 atom stereocenters. The van der Waals surface area contributed by atoms with Crippen LogP contribution in [0.15, 0.2) is 33.9 Å². The van der Waals surface area contributed by atoms with E-state index in [-0.39, 0.29) is 5.54 Å². The summed E-state index contributed by atoms with van der Waals surface area (Å²) >= 11 is 0. The van der Waals surface area contributed by atoms with E-state index in [2.05, 4.69) is 16.7 Å². The Morgan fingerprint density at radius 3 is 2.23 bits per heavy atom. The Balaban J connectivity index is 2.10. The number of hydrogen-bond acceptors (Lipinski definition) is 5. The summed E-state index contributed by atoms with van der Waals surface area (Å²) in [5.41, 5.74) is 1.04. The molecule has 0 aliphatic rings. The van der Waals surface area contributed by atoms with Crippen LogP contribution >= 0.6 is 0 Å². The molecule has 0 radical (unpaired) electrons. The van der Waals surface area contributed by atoms with Crippen LogP contribution < -0.4 is 21.5 Å². The van der Waals surface area contributed by atoms with Gasteiger partial charge in [-0.05, 0) is 38.0 Å². The van der Waals surface area contributed by atoms with Crippen molar-refractivity contribution in [2.45, 2.75) is 39.3 Å². The molecule has 0 spiro atoms. The third-order valence-electron chi connectivity index (χ3n) is 3.81. The first kappa shape index (κ1) is 15.8. The van der Waals surface area contributed by atoms with Crippen molar-refractivity contribution in [2.24, 2.45) is 0 Å². The molecule has 0 heterocycles. The maximum Gasteiger partial charge on any atom is 0.253 e. The van der Waals surface area contributed by atoms with Gasteiger partial charge in [-0.1, -0.05) is 19.1 Å². The Morgan fingerprint density at radius 1 is 1.09 bits per heavy atom. The second kappa shape index (κ2) is 6.02. The number of hydrogen-bond donors (Lipinski definition) is 2. The van der Waals surface area contributed by atoms with Gasteiger partial charge in [0.2, 0.25) is 0 Å². The minimum Gasteiger partial charge on any atom is -0.376 e. The van der Waals surface area contributed by atoms with Gasteiger partial charge >= 0.3 is 0 Å². The van der Waals surface area contributed by atoms with Gasteiger partial charge in [-0.3, -0.25) is 9.59 Å². The zero-order chi connectivity index (χ0) is 16.3. The highest BCUT2D eigenvalue weighted by Gasteiger charge is 2.25. The number of nitrogens with zero attached hydrogens (tertiary/aromatic N) is 1. The van der Waals surface area contributed by atoms with Crippen LogP contribution in [-0.2, 0) is 6.54 Å². The first-order valence-electron chi connectivity index (χ1n) is 7.22. The van der Waals surface area contributed by atoms with Crippen LogP contribution in [0.25, 0.3) is 0 Å². The molecule has 22 heavy (non-hydrogen) atoms. The first-order valence-corrected chi connectivity index (χ1v) is 7.22. The molecule has 0 saturated heterocycles. The van der Waals surface area contributed by atoms with E-state index in [1.165, 1.54) is 0 Å². The molecule has 5 heteroatoms. The van der Waals surface area contributed by atoms with Gasteiger partial charge < -0.3 is 10.6 Å². The fourth-order valence-electron chi connectivity index (χ4n) is 1.99. The molecular weight excluding hydrogens is 278 g/mol. The first-order chi connectivity index (χ1) is 10.4.